The first-order valence-electron chi connectivity index (χ1n) is 14.4. The summed E-state index contributed by atoms with van der Waals surface area (Å²) in [5.74, 6) is 0. The number of pyridine rings is 1. The van der Waals surface area contributed by atoms with Crippen LogP contribution >= 0.6 is 0 Å². The molecule has 0 amide bonds. The third-order valence-corrected chi connectivity index (χ3v) is 8.25. The first-order chi connectivity index (χ1) is 21.3. The molecule has 2 heterocycles. The second-order valence-corrected chi connectivity index (χ2v) is 10.8. The molecule has 0 radical (unpaired) electrons. The molecule has 0 spiro atoms. The SMILES string of the molecule is N#Cc1ccnc(-c2cccc(-c3cc4c(c5ccccc35)c3ccc(-c5ccccc5)cc3n4-c3ccccc3)c2)c1. The van der Waals surface area contributed by atoms with Gasteiger partial charge < -0.3 is 4.57 Å². The van der Waals surface area contributed by atoms with Crippen molar-refractivity contribution in [1.82, 2.24) is 9.55 Å². The van der Waals surface area contributed by atoms with E-state index >= 15 is 0 Å². The zero-order valence-electron chi connectivity index (χ0n) is 23.3. The van der Waals surface area contributed by atoms with Gasteiger partial charge in [-0.15, -0.1) is 0 Å². The molecule has 0 fully saturated rings. The lowest BCUT2D eigenvalue weighted by Gasteiger charge is -2.13. The average molecular weight is 548 g/mol. The van der Waals surface area contributed by atoms with Crippen LogP contribution in [0.5, 0.6) is 0 Å². The van der Waals surface area contributed by atoms with E-state index in [-0.39, 0.29) is 0 Å². The molecule has 0 aliphatic rings. The van der Waals surface area contributed by atoms with E-state index in [1.54, 1.807) is 12.3 Å². The van der Waals surface area contributed by atoms with Gasteiger partial charge in [0.25, 0.3) is 0 Å². The number of nitrogens with zero attached hydrogens (tertiary/aromatic N) is 3. The summed E-state index contributed by atoms with van der Waals surface area (Å²) in [6, 6.07) is 53.3. The van der Waals surface area contributed by atoms with Gasteiger partial charge in [-0.1, -0.05) is 103 Å². The van der Waals surface area contributed by atoms with E-state index in [0.29, 0.717) is 5.56 Å². The average Bonchev–Trinajstić information content (AvgIpc) is 3.42. The first-order valence-corrected chi connectivity index (χ1v) is 14.4. The maximum atomic E-state index is 9.44. The highest BCUT2D eigenvalue weighted by atomic mass is 15.0. The number of fused-ring (bicyclic) bond motifs is 5. The summed E-state index contributed by atoms with van der Waals surface area (Å²) in [4.78, 5) is 4.57. The van der Waals surface area contributed by atoms with Crippen LogP contribution in [0.2, 0.25) is 0 Å². The highest BCUT2D eigenvalue weighted by Crippen LogP contribution is 2.42. The Morgan fingerprint density at radius 2 is 1.23 bits per heavy atom. The Kier molecular flexibility index (Phi) is 5.84. The third kappa shape index (κ3) is 4.17. The summed E-state index contributed by atoms with van der Waals surface area (Å²) in [6.45, 7) is 0. The van der Waals surface area contributed by atoms with E-state index in [1.807, 2.05) is 6.07 Å². The summed E-state index contributed by atoms with van der Waals surface area (Å²) in [6.07, 6.45) is 1.70. The summed E-state index contributed by atoms with van der Waals surface area (Å²) >= 11 is 0. The van der Waals surface area contributed by atoms with E-state index < -0.39 is 0 Å². The fourth-order valence-electron chi connectivity index (χ4n) is 6.29. The highest BCUT2D eigenvalue weighted by molar-refractivity contribution is 6.24. The minimum Gasteiger partial charge on any atom is -0.309 e. The lowest BCUT2D eigenvalue weighted by molar-refractivity contribution is 1.18. The molecule has 0 saturated carbocycles. The van der Waals surface area contributed by atoms with Crippen LogP contribution in [0, 0.1) is 11.3 Å². The summed E-state index contributed by atoms with van der Waals surface area (Å²) < 4.78 is 2.40. The van der Waals surface area contributed by atoms with Gasteiger partial charge in [0.1, 0.15) is 0 Å². The zero-order valence-corrected chi connectivity index (χ0v) is 23.3. The molecule has 0 aliphatic carbocycles. The number of aromatic nitrogens is 2. The van der Waals surface area contributed by atoms with E-state index in [2.05, 4.69) is 149 Å². The maximum absolute atomic E-state index is 9.44. The van der Waals surface area contributed by atoms with Gasteiger partial charge in [0.2, 0.25) is 0 Å². The van der Waals surface area contributed by atoms with E-state index in [9.17, 15) is 5.26 Å². The lowest BCUT2D eigenvalue weighted by atomic mass is 9.93. The molecule has 0 unspecified atom stereocenters. The van der Waals surface area contributed by atoms with Gasteiger partial charge in [-0.25, -0.2) is 0 Å². The van der Waals surface area contributed by atoms with Gasteiger partial charge in [-0.05, 0) is 75.5 Å². The molecule has 0 N–H and O–H groups in total. The second kappa shape index (κ2) is 10.1. The number of hydrogen-bond donors (Lipinski definition) is 0. The third-order valence-electron chi connectivity index (χ3n) is 8.25. The van der Waals surface area contributed by atoms with Crippen LogP contribution in [-0.4, -0.2) is 9.55 Å². The monoisotopic (exact) mass is 547 g/mol. The minimum absolute atomic E-state index is 0.601. The van der Waals surface area contributed by atoms with Gasteiger partial charge in [0, 0.05) is 28.2 Å². The number of rotatable bonds is 4. The quantitative estimate of drug-likeness (QED) is 0.220. The number of benzene rings is 6. The van der Waals surface area contributed by atoms with E-state index in [0.717, 1.165) is 33.6 Å². The van der Waals surface area contributed by atoms with Gasteiger partial charge in [0.15, 0.2) is 0 Å². The smallest absolute Gasteiger partial charge is 0.0992 e. The van der Waals surface area contributed by atoms with Crippen molar-refractivity contribution >= 4 is 32.6 Å². The molecular weight excluding hydrogens is 522 g/mol. The molecule has 8 aromatic rings. The Hall–Kier alpha value is -5.98. The largest absolute Gasteiger partial charge is 0.309 e. The van der Waals surface area contributed by atoms with Crippen LogP contribution in [0.3, 0.4) is 0 Å². The topological polar surface area (TPSA) is 41.6 Å². The zero-order chi connectivity index (χ0) is 28.8. The fraction of sp³-hybridized carbons (Fsp3) is 0. The van der Waals surface area contributed by atoms with Crippen molar-refractivity contribution in [2.24, 2.45) is 0 Å². The summed E-state index contributed by atoms with van der Waals surface area (Å²) in [7, 11) is 0. The van der Waals surface area contributed by atoms with Crippen LogP contribution in [0.15, 0.2) is 152 Å². The Morgan fingerprint density at radius 1 is 0.512 bits per heavy atom. The molecule has 200 valence electrons. The Balaban J connectivity index is 1.45. The molecule has 2 aromatic heterocycles. The molecule has 8 rings (SSSR count). The molecule has 0 bridgehead atoms. The van der Waals surface area contributed by atoms with Crippen molar-refractivity contribution in [3.63, 3.8) is 0 Å². The van der Waals surface area contributed by atoms with Crippen LogP contribution in [0.1, 0.15) is 5.56 Å². The van der Waals surface area contributed by atoms with Gasteiger partial charge in [-0.2, -0.15) is 5.26 Å². The van der Waals surface area contributed by atoms with Crippen molar-refractivity contribution in [3.8, 4) is 45.3 Å². The predicted octanol–water partition coefficient (Wildman–Crippen LogP) is 10.2. The lowest BCUT2D eigenvalue weighted by Crippen LogP contribution is -1.94. The van der Waals surface area contributed by atoms with Crippen molar-refractivity contribution in [2.75, 3.05) is 0 Å². The summed E-state index contributed by atoms with van der Waals surface area (Å²) in [5, 5.41) is 14.3. The Morgan fingerprint density at radius 3 is 2.05 bits per heavy atom. The maximum Gasteiger partial charge on any atom is 0.0992 e. The molecule has 0 atom stereocenters. The second-order valence-electron chi connectivity index (χ2n) is 10.8. The van der Waals surface area contributed by atoms with Crippen molar-refractivity contribution < 1.29 is 0 Å². The molecule has 0 aliphatic heterocycles. The van der Waals surface area contributed by atoms with E-state index in [4.69, 9.17) is 0 Å². The van der Waals surface area contributed by atoms with E-state index in [1.165, 1.54) is 38.2 Å². The highest BCUT2D eigenvalue weighted by Gasteiger charge is 2.19. The molecule has 0 saturated heterocycles. The van der Waals surface area contributed by atoms with Crippen molar-refractivity contribution in [3.05, 3.63) is 157 Å². The van der Waals surface area contributed by atoms with Crippen LogP contribution < -0.4 is 0 Å². The summed E-state index contributed by atoms with van der Waals surface area (Å²) in [5.41, 5.74) is 10.5. The fourth-order valence-corrected chi connectivity index (χ4v) is 6.29. The predicted molar refractivity (Wildman–Crippen MR) is 177 cm³/mol. The van der Waals surface area contributed by atoms with Crippen molar-refractivity contribution in [1.29, 1.82) is 5.26 Å². The number of nitriles is 1. The normalized spacial score (nSPS) is 11.2. The van der Waals surface area contributed by atoms with Gasteiger partial charge in [-0.3, -0.25) is 4.98 Å². The molecule has 3 heteroatoms. The standard InChI is InChI=1S/C40H25N3/c41-26-27-20-21-42-37(22-27)31-13-9-12-30(23-31)36-25-39-40(34-17-8-7-16-33(34)36)35-19-18-29(28-10-3-1-4-11-28)24-38(35)43(39)32-14-5-2-6-15-32/h1-25H. The van der Waals surface area contributed by atoms with Gasteiger partial charge in [0.05, 0.1) is 28.4 Å². The molecular formula is C40H25N3. The molecule has 3 nitrogen and oxygen atoms in total. The molecule has 6 aromatic carbocycles. The first kappa shape index (κ1) is 24.8. The van der Waals surface area contributed by atoms with Crippen molar-refractivity contribution in [2.45, 2.75) is 0 Å². The minimum atomic E-state index is 0.601. The Labute approximate surface area is 249 Å². The van der Waals surface area contributed by atoms with Crippen LogP contribution in [0.25, 0.3) is 71.8 Å². The van der Waals surface area contributed by atoms with Gasteiger partial charge >= 0.3 is 0 Å². The Bertz CT molecular complexity index is 2340. The molecule has 43 heavy (non-hydrogen) atoms. The van der Waals surface area contributed by atoms with Crippen LogP contribution in [0.4, 0.5) is 0 Å². The number of para-hydroxylation sites is 1. The van der Waals surface area contributed by atoms with Crippen LogP contribution in [-0.2, 0) is 0 Å². The number of hydrogen-bond acceptors (Lipinski definition) is 2.